The molecule has 0 aromatic carbocycles. The van der Waals surface area contributed by atoms with Crippen LogP contribution in [0.4, 0.5) is 0 Å². The Morgan fingerprint density at radius 3 is 1.50 bits per heavy atom. The first-order valence-electron chi connectivity index (χ1n) is 3.13. The molecule has 0 aromatic heterocycles. The molecule has 1 aliphatic heterocycles. The van der Waals surface area contributed by atoms with Gasteiger partial charge in [-0.05, 0) is 0 Å². The lowest BCUT2D eigenvalue weighted by atomic mass is 10.8. The molecule has 7 nitrogen and oxygen atoms in total. The van der Waals surface area contributed by atoms with E-state index in [1.54, 1.807) is 0 Å². The fraction of sp³-hybridized carbons (Fsp3) is 1.00. The molecule has 0 aromatic rings. The Bertz CT molecular complexity index is 154. The molecule has 1 aliphatic rings. The van der Waals surface area contributed by atoms with Crippen LogP contribution in [0.1, 0.15) is 0 Å². The molecule has 1 saturated heterocycles. The molecule has 6 N–H and O–H groups in total. The zero-order valence-electron chi connectivity index (χ0n) is 6.47. The lowest BCUT2D eigenvalue weighted by Crippen LogP contribution is -2.02. The van der Waals surface area contributed by atoms with E-state index in [9.17, 15) is 0 Å². The molecule has 0 saturated carbocycles. The minimum absolute atomic E-state index is 0.0972. The molecule has 0 unspecified atom stereocenters. The summed E-state index contributed by atoms with van der Waals surface area (Å²) >= 11 is 0. The Morgan fingerprint density at radius 1 is 1.33 bits per heavy atom. The smallest absolute Gasteiger partial charge is 0.394 e. The van der Waals surface area contributed by atoms with Gasteiger partial charge in [0.15, 0.2) is 0 Å². The van der Waals surface area contributed by atoms with Crippen molar-refractivity contribution in [2.75, 3.05) is 26.2 Å². The van der Waals surface area contributed by atoms with Crippen molar-refractivity contribution in [2.45, 2.75) is 0 Å². The molecule has 0 amide bonds. The van der Waals surface area contributed by atoms with Gasteiger partial charge in [-0.2, -0.15) is 8.42 Å². The van der Waals surface area contributed by atoms with Crippen LogP contribution in [0.3, 0.4) is 0 Å². The average molecular weight is 202 g/mol. The van der Waals surface area contributed by atoms with Gasteiger partial charge in [0.25, 0.3) is 0 Å². The summed E-state index contributed by atoms with van der Waals surface area (Å²) in [5, 5.41) is 10.8. The zero-order valence-corrected chi connectivity index (χ0v) is 7.29. The zero-order chi connectivity index (χ0) is 10.0. The molecule has 12 heavy (non-hydrogen) atoms. The molecule has 0 spiro atoms. The number of aliphatic hydroxyl groups is 1. The highest BCUT2D eigenvalue weighted by atomic mass is 32.3. The molecule has 0 atom stereocenters. The van der Waals surface area contributed by atoms with Gasteiger partial charge in [0.05, 0.1) is 6.61 Å². The quantitative estimate of drug-likeness (QED) is 0.241. The maximum absolute atomic E-state index is 8.74. The van der Waals surface area contributed by atoms with Gasteiger partial charge in [-0.15, -0.1) is 0 Å². The summed E-state index contributed by atoms with van der Waals surface area (Å²) in [5.41, 5.74) is 4.78. The lowest BCUT2D eigenvalue weighted by Gasteiger charge is -1.71. The van der Waals surface area contributed by atoms with E-state index in [0.29, 0.717) is 6.54 Å². The summed E-state index contributed by atoms with van der Waals surface area (Å²) in [4.78, 5) is 0. The van der Waals surface area contributed by atoms with Crippen LogP contribution in [-0.2, 0) is 10.4 Å². The van der Waals surface area contributed by atoms with E-state index in [-0.39, 0.29) is 6.61 Å². The molecular weight excluding hydrogens is 188 g/mol. The van der Waals surface area contributed by atoms with Crippen LogP contribution in [0, 0.1) is 0 Å². The van der Waals surface area contributed by atoms with Crippen molar-refractivity contribution in [3.63, 3.8) is 0 Å². The summed E-state index contributed by atoms with van der Waals surface area (Å²) in [6, 6.07) is 0. The summed E-state index contributed by atoms with van der Waals surface area (Å²) in [6.45, 7) is 2.97. The van der Waals surface area contributed by atoms with Gasteiger partial charge in [-0.3, -0.25) is 9.11 Å². The highest BCUT2D eigenvalue weighted by molar-refractivity contribution is 7.79. The maximum atomic E-state index is 8.74. The topological polar surface area (TPSA) is 143 Å². The Hall–Kier alpha value is -0.250. The van der Waals surface area contributed by atoms with Crippen molar-refractivity contribution in [1.82, 2.24) is 5.32 Å². The van der Waals surface area contributed by atoms with Crippen LogP contribution >= 0.6 is 0 Å². The first-order chi connectivity index (χ1) is 5.41. The monoisotopic (exact) mass is 202 g/mol. The Kier molecular flexibility index (Phi) is 10.5. The second-order valence-electron chi connectivity index (χ2n) is 1.71. The van der Waals surface area contributed by atoms with E-state index >= 15 is 0 Å². The van der Waals surface area contributed by atoms with Gasteiger partial charge in [-0.25, -0.2) is 0 Å². The fourth-order valence-corrected chi connectivity index (χ4v) is 0. The van der Waals surface area contributed by atoms with E-state index in [1.807, 2.05) is 0 Å². The minimum Gasteiger partial charge on any atom is -0.395 e. The third-order valence-corrected chi connectivity index (χ3v) is 0.379. The van der Waals surface area contributed by atoms with Gasteiger partial charge in [0.2, 0.25) is 0 Å². The number of aliphatic hydroxyl groups excluding tert-OH is 1. The number of rotatable bonds is 1. The van der Waals surface area contributed by atoms with Gasteiger partial charge < -0.3 is 16.2 Å². The molecule has 76 valence electrons. The first kappa shape index (κ1) is 14.3. The third-order valence-electron chi connectivity index (χ3n) is 0.379. The Balaban J connectivity index is 0. The third kappa shape index (κ3) is 244. The molecule has 1 fully saturated rings. The van der Waals surface area contributed by atoms with Crippen molar-refractivity contribution in [3.8, 4) is 0 Å². The van der Waals surface area contributed by atoms with Crippen LogP contribution in [0.15, 0.2) is 0 Å². The summed E-state index contributed by atoms with van der Waals surface area (Å²) < 4.78 is 31.6. The first-order valence-corrected chi connectivity index (χ1v) is 4.53. The molecular formula is C4H14N2O5S. The predicted octanol–water partition coefficient (Wildman–Crippen LogP) is -2.13. The van der Waals surface area contributed by atoms with Crippen molar-refractivity contribution in [2.24, 2.45) is 5.73 Å². The number of nitrogens with two attached hydrogens (primary N) is 1. The van der Waals surface area contributed by atoms with E-state index in [2.05, 4.69) is 5.32 Å². The average Bonchev–Trinajstić information content (AvgIpc) is 2.67. The molecule has 0 aliphatic carbocycles. The molecule has 8 heteroatoms. The van der Waals surface area contributed by atoms with E-state index in [4.69, 9.17) is 28.4 Å². The number of hydrogen-bond donors (Lipinski definition) is 5. The minimum atomic E-state index is -4.67. The number of nitrogens with one attached hydrogen (secondary N) is 1. The summed E-state index contributed by atoms with van der Waals surface area (Å²) in [6.07, 6.45) is 0. The van der Waals surface area contributed by atoms with Crippen molar-refractivity contribution >= 4 is 10.4 Å². The predicted molar refractivity (Wildman–Crippen MR) is 43.2 cm³/mol. The van der Waals surface area contributed by atoms with Crippen LogP contribution in [0.2, 0.25) is 0 Å². The SMILES string of the molecule is C1CN1.NCCO.O=S(=O)(O)O. The molecule has 1 rings (SSSR count). The molecule has 1 heterocycles. The van der Waals surface area contributed by atoms with E-state index in [0.717, 1.165) is 0 Å². The van der Waals surface area contributed by atoms with Gasteiger partial charge in [0.1, 0.15) is 0 Å². The van der Waals surface area contributed by atoms with Crippen LogP contribution in [0.5, 0.6) is 0 Å². The summed E-state index contributed by atoms with van der Waals surface area (Å²) in [7, 11) is -4.67. The summed E-state index contributed by atoms with van der Waals surface area (Å²) in [5.74, 6) is 0. The Morgan fingerprint density at radius 2 is 1.50 bits per heavy atom. The largest absolute Gasteiger partial charge is 0.395 e. The van der Waals surface area contributed by atoms with Crippen molar-refractivity contribution in [1.29, 1.82) is 0 Å². The molecule has 0 radical (unpaired) electrons. The highest BCUT2D eigenvalue weighted by Gasteiger charge is 1.91. The maximum Gasteiger partial charge on any atom is 0.394 e. The van der Waals surface area contributed by atoms with E-state index in [1.165, 1.54) is 13.1 Å². The standard InChI is InChI=1S/C2H7NO.C2H5N.H2O4S/c3-1-2-4;1-2-3-1;1-5(2,3)4/h4H,1-3H2;3H,1-2H2;(H2,1,2,3,4). The normalized spacial score (nSPS) is 13.3. The Labute approximate surface area is 71.2 Å². The van der Waals surface area contributed by atoms with Gasteiger partial charge in [-0.1, -0.05) is 0 Å². The van der Waals surface area contributed by atoms with Crippen LogP contribution in [0.25, 0.3) is 0 Å². The van der Waals surface area contributed by atoms with Crippen LogP contribution in [-0.4, -0.2) is 48.9 Å². The van der Waals surface area contributed by atoms with Crippen LogP contribution < -0.4 is 11.1 Å². The highest BCUT2D eigenvalue weighted by Crippen LogP contribution is 1.65. The molecule has 0 bridgehead atoms. The van der Waals surface area contributed by atoms with Gasteiger partial charge in [0, 0.05) is 19.6 Å². The second-order valence-corrected chi connectivity index (χ2v) is 2.61. The van der Waals surface area contributed by atoms with Crippen molar-refractivity contribution < 1.29 is 22.6 Å². The second kappa shape index (κ2) is 8.84. The number of hydrogen-bond acceptors (Lipinski definition) is 5. The van der Waals surface area contributed by atoms with Gasteiger partial charge >= 0.3 is 10.4 Å². The van der Waals surface area contributed by atoms with Crippen molar-refractivity contribution in [3.05, 3.63) is 0 Å². The lowest BCUT2D eigenvalue weighted by molar-refractivity contribution is 0.306. The van der Waals surface area contributed by atoms with E-state index < -0.39 is 10.4 Å². The fourth-order valence-electron chi connectivity index (χ4n) is 0.